The molecule has 0 saturated carbocycles. The lowest BCUT2D eigenvalue weighted by atomic mass is 10.1. The van der Waals surface area contributed by atoms with E-state index in [9.17, 15) is 18.8 Å². The van der Waals surface area contributed by atoms with Crippen LogP contribution in [-0.4, -0.2) is 31.1 Å². The molecule has 11 heteroatoms. The van der Waals surface area contributed by atoms with Gasteiger partial charge in [-0.05, 0) is 56.7 Å². The number of thiophene rings is 1. The minimum atomic E-state index is -0.674. The van der Waals surface area contributed by atoms with Gasteiger partial charge in [0, 0.05) is 0 Å². The molecule has 0 spiro atoms. The predicted octanol–water partition coefficient (Wildman–Crippen LogP) is 5.63. The van der Waals surface area contributed by atoms with Gasteiger partial charge in [0.1, 0.15) is 33.8 Å². The van der Waals surface area contributed by atoms with Crippen molar-refractivity contribution >= 4 is 45.8 Å². The Balaban J connectivity index is 1.77. The lowest BCUT2D eigenvalue weighted by Crippen LogP contribution is -2.14. The van der Waals surface area contributed by atoms with E-state index < -0.39 is 23.7 Å². The molecule has 1 aromatic carbocycles. The van der Waals surface area contributed by atoms with Crippen LogP contribution in [0.25, 0.3) is 0 Å². The number of esters is 2. The Morgan fingerprint density at radius 1 is 1.09 bits per heavy atom. The van der Waals surface area contributed by atoms with Crippen molar-refractivity contribution < 1.29 is 37.4 Å². The van der Waals surface area contributed by atoms with E-state index >= 15 is 0 Å². The summed E-state index contributed by atoms with van der Waals surface area (Å²) < 4.78 is 34.3. The third-order valence-electron chi connectivity index (χ3n) is 4.46. The Labute approximate surface area is 203 Å². The molecule has 3 rings (SSSR count). The largest absolute Gasteiger partial charge is 0.484 e. The second kappa shape index (κ2) is 11.2. The number of hydrogen-bond acceptors (Lipinski definition) is 8. The van der Waals surface area contributed by atoms with Crippen LogP contribution in [0.2, 0.25) is 5.02 Å². The molecule has 2 heterocycles. The number of benzene rings is 1. The number of halogens is 2. The second-order valence-electron chi connectivity index (χ2n) is 6.78. The summed E-state index contributed by atoms with van der Waals surface area (Å²) in [5.74, 6) is -1.90. The normalized spacial score (nSPS) is 10.6. The highest BCUT2D eigenvalue weighted by molar-refractivity contribution is 7.18. The van der Waals surface area contributed by atoms with Crippen LogP contribution in [0, 0.1) is 12.7 Å². The SMILES string of the molecule is CCOC(=O)c1sc(NC(=O)c2ccc(COc3ccc(F)cc3Cl)o2)c(C(=O)OCC)c1C. The van der Waals surface area contributed by atoms with Crippen molar-refractivity contribution in [3.63, 3.8) is 0 Å². The van der Waals surface area contributed by atoms with Crippen LogP contribution in [0.1, 0.15) is 55.8 Å². The molecule has 3 aromatic rings. The van der Waals surface area contributed by atoms with Gasteiger partial charge in [-0.25, -0.2) is 14.0 Å². The van der Waals surface area contributed by atoms with Crippen LogP contribution in [0.5, 0.6) is 5.75 Å². The minimum Gasteiger partial charge on any atom is -0.484 e. The highest BCUT2D eigenvalue weighted by Crippen LogP contribution is 2.35. The van der Waals surface area contributed by atoms with Crippen LogP contribution in [-0.2, 0) is 16.1 Å². The van der Waals surface area contributed by atoms with E-state index in [4.69, 9.17) is 30.2 Å². The van der Waals surface area contributed by atoms with Gasteiger partial charge >= 0.3 is 11.9 Å². The first-order valence-corrected chi connectivity index (χ1v) is 11.4. The third kappa shape index (κ3) is 5.75. The number of carbonyl (C=O) groups is 3. The number of anilines is 1. The summed E-state index contributed by atoms with van der Waals surface area (Å²) in [7, 11) is 0. The predicted molar refractivity (Wildman–Crippen MR) is 123 cm³/mol. The first kappa shape index (κ1) is 25.3. The van der Waals surface area contributed by atoms with E-state index in [1.807, 2.05) is 0 Å². The van der Waals surface area contributed by atoms with Gasteiger partial charge in [0.15, 0.2) is 5.76 Å². The van der Waals surface area contributed by atoms with Gasteiger partial charge < -0.3 is 23.9 Å². The molecule has 0 fully saturated rings. The molecule has 0 bridgehead atoms. The highest BCUT2D eigenvalue weighted by Gasteiger charge is 2.28. The van der Waals surface area contributed by atoms with Gasteiger partial charge in [0.2, 0.25) is 0 Å². The minimum absolute atomic E-state index is 0.0534. The van der Waals surface area contributed by atoms with Crippen molar-refractivity contribution in [2.75, 3.05) is 18.5 Å². The summed E-state index contributed by atoms with van der Waals surface area (Å²) in [6.45, 7) is 5.11. The van der Waals surface area contributed by atoms with Crippen LogP contribution in [0.15, 0.2) is 34.7 Å². The van der Waals surface area contributed by atoms with Gasteiger partial charge in [-0.3, -0.25) is 4.79 Å². The van der Waals surface area contributed by atoms with Crippen LogP contribution < -0.4 is 10.1 Å². The zero-order valence-electron chi connectivity index (χ0n) is 18.5. The van der Waals surface area contributed by atoms with Gasteiger partial charge in [-0.1, -0.05) is 11.6 Å². The summed E-state index contributed by atoms with van der Waals surface area (Å²) in [6, 6.07) is 6.66. The molecule has 180 valence electrons. The molecule has 0 atom stereocenters. The molecule has 0 radical (unpaired) electrons. The fourth-order valence-corrected chi connectivity index (χ4v) is 4.23. The molecule has 2 aromatic heterocycles. The van der Waals surface area contributed by atoms with E-state index in [1.54, 1.807) is 20.8 Å². The zero-order chi connectivity index (χ0) is 24.8. The van der Waals surface area contributed by atoms with Crippen molar-refractivity contribution in [3.8, 4) is 5.75 Å². The lowest BCUT2D eigenvalue weighted by Gasteiger charge is -2.07. The number of hydrogen-bond donors (Lipinski definition) is 1. The van der Waals surface area contributed by atoms with Crippen molar-refractivity contribution in [3.05, 3.63) is 68.7 Å². The molecule has 8 nitrogen and oxygen atoms in total. The maximum absolute atomic E-state index is 13.2. The maximum Gasteiger partial charge on any atom is 0.348 e. The summed E-state index contributed by atoms with van der Waals surface area (Å²) in [5, 5.41) is 2.83. The van der Waals surface area contributed by atoms with Crippen LogP contribution in [0.4, 0.5) is 9.39 Å². The summed E-state index contributed by atoms with van der Waals surface area (Å²) in [4.78, 5) is 37.7. The number of nitrogens with one attached hydrogen (secondary N) is 1. The Bertz CT molecular complexity index is 1220. The van der Waals surface area contributed by atoms with Crippen molar-refractivity contribution in [1.29, 1.82) is 0 Å². The number of ether oxygens (including phenoxy) is 3. The number of amides is 1. The molecular weight excluding hydrogens is 489 g/mol. The van der Waals surface area contributed by atoms with Crippen LogP contribution in [0.3, 0.4) is 0 Å². The quantitative estimate of drug-likeness (QED) is 0.373. The first-order chi connectivity index (χ1) is 16.2. The summed E-state index contributed by atoms with van der Waals surface area (Å²) in [5.41, 5.74) is 0.422. The fraction of sp³-hybridized carbons (Fsp3) is 0.261. The molecule has 0 aliphatic heterocycles. The van der Waals surface area contributed by atoms with Crippen molar-refractivity contribution in [2.45, 2.75) is 27.4 Å². The van der Waals surface area contributed by atoms with Gasteiger partial charge in [0.05, 0.1) is 23.8 Å². The maximum atomic E-state index is 13.2. The lowest BCUT2D eigenvalue weighted by molar-refractivity contribution is 0.0527. The molecule has 1 N–H and O–H groups in total. The Morgan fingerprint density at radius 2 is 1.79 bits per heavy atom. The van der Waals surface area contributed by atoms with E-state index in [1.165, 1.54) is 24.3 Å². The standard InChI is InChI=1S/C23H21ClFNO7S/c1-4-30-22(28)18-12(3)19(23(29)31-5-2)34-21(18)26-20(27)17-9-7-14(33-17)11-32-16-8-6-13(25)10-15(16)24/h6-10H,4-5,11H2,1-3H3,(H,26,27). The zero-order valence-corrected chi connectivity index (χ0v) is 20.1. The van der Waals surface area contributed by atoms with E-state index in [-0.39, 0.29) is 51.8 Å². The van der Waals surface area contributed by atoms with Gasteiger partial charge in [-0.2, -0.15) is 0 Å². The smallest absolute Gasteiger partial charge is 0.348 e. The average molecular weight is 510 g/mol. The number of furan rings is 1. The fourth-order valence-electron chi connectivity index (χ4n) is 2.93. The molecule has 0 aliphatic rings. The van der Waals surface area contributed by atoms with E-state index in [0.717, 1.165) is 17.4 Å². The summed E-state index contributed by atoms with van der Waals surface area (Å²) in [6.07, 6.45) is 0. The number of rotatable bonds is 9. The topological polar surface area (TPSA) is 104 Å². The van der Waals surface area contributed by atoms with Gasteiger partial charge in [-0.15, -0.1) is 11.3 Å². The molecule has 1 amide bonds. The molecule has 34 heavy (non-hydrogen) atoms. The van der Waals surface area contributed by atoms with E-state index in [0.29, 0.717) is 11.3 Å². The number of carbonyl (C=O) groups excluding carboxylic acids is 3. The Morgan fingerprint density at radius 3 is 2.47 bits per heavy atom. The van der Waals surface area contributed by atoms with E-state index in [2.05, 4.69) is 5.32 Å². The first-order valence-electron chi connectivity index (χ1n) is 10.2. The Kier molecular flexibility index (Phi) is 8.30. The summed E-state index contributed by atoms with van der Waals surface area (Å²) >= 11 is 6.84. The molecule has 0 unspecified atom stereocenters. The molecule has 0 aliphatic carbocycles. The average Bonchev–Trinajstić information content (AvgIpc) is 3.38. The van der Waals surface area contributed by atoms with Crippen LogP contribution >= 0.6 is 22.9 Å². The Hall–Kier alpha value is -3.37. The molecular formula is C23H21ClFNO7S. The van der Waals surface area contributed by atoms with Gasteiger partial charge in [0.25, 0.3) is 5.91 Å². The molecule has 0 saturated heterocycles. The van der Waals surface area contributed by atoms with Crippen molar-refractivity contribution in [1.82, 2.24) is 0 Å². The highest BCUT2D eigenvalue weighted by atomic mass is 35.5. The van der Waals surface area contributed by atoms with Crippen molar-refractivity contribution in [2.24, 2.45) is 0 Å². The third-order valence-corrected chi connectivity index (χ3v) is 5.95. The second-order valence-corrected chi connectivity index (χ2v) is 8.21. The monoisotopic (exact) mass is 509 g/mol.